The second kappa shape index (κ2) is 17.3. The minimum atomic E-state index is -0.174. The van der Waals surface area contributed by atoms with Crippen molar-refractivity contribution in [2.75, 3.05) is 63.3 Å². The summed E-state index contributed by atoms with van der Waals surface area (Å²) in [5, 5.41) is 15.6. The predicted octanol–water partition coefficient (Wildman–Crippen LogP) is 4.92. The number of nitrogens with one attached hydrogen (secondary N) is 2. The molecule has 0 radical (unpaired) electrons. The molecule has 240 valence electrons. The molecule has 45 heavy (non-hydrogen) atoms. The predicted molar refractivity (Wildman–Crippen MR) is 180 cm³/mol. The lowest BCUT2D eigenvalue weighted by Crippen LogP contribution is -2.34. The number of anilines is 3. The highest BCUT2D eigenvalue weighted by atomic mass is 16.5. The maximum absolute atomic E-state index is 13.1. The summed E-state index contributed by atoms with van der Waals surface area (Å²) in [6.45, 7) is 7.12. The highest BCUT2D eigenvalue weighted by Gasteiger charge is 2.20. The number of hydrogen-bond acceptors (Lipinski definition) is 7. The molecule has 0 bridgehead atoms. The maximum Gasteiger partial charge on any atom is 0.256 e. The quantitative estimate of drug-likeness (QED) is 0.145. The van der Waals surface area contributed by atoms with Gasteiger partial charge in [0.1, 0.15) is 5.82 Å². The first-order valence-corrected chi connectivity index (χ1v) is 15.7. The van der Waals surface area contributed by atoms with Crippen molar-refractivity contribution >= 4 is 40.4 Å². The first-order chi connectivity index (χ1) is 22.0. The van der Waals surface area contributed by atoms with Crippen LogP contribution in [0.2, 0.25) is 0 Å². The molecular weight excluding hydrogens is 568 g/mol. The van der Waals surface area contributed by atoms with Crippen LogP contribution in [0.15, 0.2) is 73.1 Å². The number of nitrogens with zero attached hydrogens (tertiary/aromatic N) is 4. The van der Waals surface area contributed by atoms with Gasteiger partial charge in [0.2, 0.25) is 6.41 Å². The van der Waals surface area contributed by atoms with Gasteiger partial charge in [0.25, 0.3) is 5.91 Å². The maximum atomic E-state index is 13.1. The second-order valence-electron chi connectivity index (χ2n) is 11.1. The average molecular weight is 615 g/mol. The summed E-state index contributed by atoms with van der Waals surface area (Å²) < 4.78 is 7.72. The Kier molecular flexibility index (Phi) is 12.9. The van der Waals surface area contributed by atoms with E-state index >= 15 is 0 Å². The lowest BCUT2D eigenvalue weighted by atomic mass is 9.89. The Bertz CT molecular complexity index is 1500. The molecule has 0 spiro atoms. The van der Waals surface area contributed by atoms with Gasteiger partial charge in [-0.3, -0.25) is 9.59 Å². The van der Waals surface area contributed by atoms with Crippen molar-refractivity contribution in [1.29, 1.82) is 0 Å². The van der Waals surface area contributed by atoms with E-state index in [2.05, 4.69) is 79.6 Å². The van der Waals surface area contributed by atoms with Gasteiger partial charge in [0.15, 0.2) is 0 Å². The van der Waals surface area contributed by atoms with Gasteiger partial charge in [-0.05, 0) is 93.2 Å². The van der Waals surface area contributed by atoms with Crippen LogP contribution in [0, 0.1) is 0 Å². The average Bonchev–Trinajstić information content (AvgIpc) is 3.45. The Labute approximate surface area is 266 Å². The molecular formula is C35H46N6O4. The van der Waals surface area contributed by atoms with E-state index < -0.39 is 0 Å². The molecule has 3 heterocycles. The summed E-state index contributed by atoms with van der Waals surface area (Å²) in [6, 6.07) is 20.5. The zero-order valence-electron chi connectivity index (χ0n) is 26.6. The number of rotatable bonds is 13. The normalized spacial score (nSPS) is 13.6. The highest BCUT2D eigenvalue weighted by molar-refractivity contribution is 6.04. The SMILES string of the molecule is CCOCCCN(c1ccnc(NC(=O)c2ccc(C3CCN(CCO)CC3)cc2)c1)c1ccc2c(ccn2C)c1.CNC=O. The first-order valence-electron chi connectivity index (χ1n) is 15.7. The second-order valence-corrected chi connectivity index (χ2v) is 11.1. The van der Waals surface area contributed by atoms with Crippen LogP contribution in [0.25, 0.3) is 10.9 Å². The van der Waals surface area contributed by atoms with E-state index in [1.165, 1.54) is 16.5 Å². The third-order valence-corrected chi connectivity index (χ3v) is 8.12. The number of carbonyl (C=O) groups excluding carboxylic acids is 2. The fourth-order valence-electron chi connectivity index (χ4n) is 5.70. The van der Waals surface area contributed by atoms with Gasteiger partial charge in [0, 0.05) is 86.7 Å². The highest BCUT2D eigenvalue weighted by Crippen LogP contribution is 2.31. The molecule has 2 aromatic heterocycles. The minimum absolute atomic E-state index is 0.174. The van der Waals surface area contributed by atoms with E-state index in [4.69, 9.17) is 9.53 Å². The number of β-amino-alcohol motifs (C(OH)–C–C–N with tert-alkyl or cyclic N) is 1. The van der Waals surface area contributed by atoms with E-state index in [-0.39, 0.29) is 12.5 Å². The number of aliphatic hydroxyl groups excluding tert-OH is 1. The topological polar surface area (TPSA) is 112 Å². The van der Waals surface area contributed by atoms with Crippen LogP contribution < -0.4 is 15.5 Å². The summed E-state index contributed by atoms with van der Waals surface area (Å²) in [7, 11) is 3.61. The number of aryl methyl sites for hydroxylation is 1. The molecule has 10 heteroatoms. The van der Waals surface area contributed by atoms with Crippen molar-refractivity contribution in [2.45, 2.75) is 32.1 Å². The zero-order valence-corrected chi connectivity index (χ0v) is 26.6. The van der Waals surface area contributed by atoms with Crippen LogP contribution in [-0.2, 0) is 16.6 Å². The molecule has 10 nitrogen and oxygen atoms in total. The monoisotopic (exact) mass is 614 g/mol. The van der Waals surface area contributed by atoms with Gasteiger partial charge in [-0.25, -0.2) is 4.98 Å². The molecule has 1 fully saturated rings. The molecule has 1 aliphatic heterocycles. The largest absolute Gasteiger partial charge is 0.395 e. The fourth-order valence-corrected chi connectivity index (χ4v) is 5.70. The van der Waals surface area contributed by atoms with Gasteiger partial charge in [0.05, 0.1) is 6.61 Å². The fraction of sp³-hybridized carbons (Fsp3) is 0.400. The molecule has 0 atom stereocenters. The van der Waals surface area contributed by atoms with Gasteiger partial charge in [-0.15, -0.1) is 0 Å². The molecule has 0 aliphatic carbocycles. The summed E-state index contributed by atoms with van der Waals surface area (Å²) >= 11 is 0. The Hall–Kier alpha value is -4.25. The van der Waals surface area contributed by atoms with Gasteiger partial charge < -0.3 is 34.8 Å². The van der Waals surface area contributed by atoms with E-state index in [1.54, 1.807) is 13.2 Å². The van der Waals surface area contributed by atoms with Crippen LogP contribution >= 0.6 is 0 Å². The van der Waals surface area contributed by atoms with E-state index in [0.717, 1.165) is 56.8 Å². The van der Waals surface area contributed by atoms with Gasteiger partial charge in [-0.1, -0.05) is 12.1 Å². The molecule has 2 aromatic carbocycles. The minimum Gasteiger partial charge on any atom is -0.395 e. The van der Waals surface area contributed by atoms with Crippen molar-refractivity contribution in [2.24, 2.45) is 7.05 Å². The number of piperidine rings is 1. The number of carbonyl (C=O) groups is 2. The Morgan fingerprint density at radius 3 is 2.51 bits per heavy atom. The number of aromatic nitrogens is 2. The number of fused-ring (bicyclic) bond motifs is 1. The Balaban J connectivity index is 0.00000109. The number of aliphatic hydroxyl groups is 1. The Morgan fingerprint density at radius 1 is 1.09 bits per heavy atom. The molecule has 1 saturated heterocycles. The van der Waals surface area contributed by atoms with Crippen LogP contribution in [0.3, 0.4) is 0 Å². The number of hydrogen-bond donors (Lipinski definition) is 3. The van der Waals surface area contributed by atoms with Crippen LogP contribution in [0.1, 0.15) is 48.0 Å². The smallest absolute Gasteiger partial charge is 0.256 e. The number of benzene rings is 2. The molecule has 5 rings (SSSR count). The first kappa shape index (κ1) is 33.6. The van der Waals surface area contributed by atoms with Crippen molar-refractivity contribution < 1.29 is 19.4 Å². The van der Waals surface area contributed by atoms with Crippen LogP contribution in [-0.4, -0.2) is 84.9 Å². The molecule has 3 N–H and O–H groups in total. The van der Waals surface area contributed by atoms with E-state index in [1.807, 2.05) is 31.2 Å². The van der Waals surface area contributed by atoms with Gasteiger partial charge in [-0.2, -0.15) is 0 Å². The third-order valence-electron chi connectivity index (χ3n) is 8.12. The number of pyridine rings is 1. The molecule has 1 aliphatic rings. The van der Waals surface area contributed by atoms with Crippen molar-refractivity contribution in [3.05, 3.63) is 84.2 Å². The number of ether oxygens (including phenoxy) is 1. The number of likely N-dealkylation sites (tertiary alicyclic amines) is 1. The Morgan fingerprint density at radius 2 is 1.82 bits per heavy atom. The zero-order chi connectivity index (χ0) is 32.0. The van der Waals surface area contributed by atoms with E-state index in [0.29, 0.717) is 36.9 Å². The van der Waals surface area contributed by atoms with Gasteiger partial charge >= 0.3 is 0 Å². The summed E-state index contributed by atoms with van der Waals surface area (Å²) in [5.74, 6) is 0.834. The summed E-state index contributed by atoms with van der Waals surface area (Å²) in [5.41, 5.74) is 5.11. The number of amides is 2. The lowest BCUT2D eigenvalue weighted by molar-refractivity contribution is -0.109. The summed E-state index contributed by atoms with van der Waals surface area (Å²) in [6.07, 6.45) is 7.45. The van der Waals surface area contributed by atoms with Crippen molar-refractivity contribution in [3.63, 3.8) is 0 Å². The van der Waals surface area contributed by atoms with Crippen molar-refractivity contribution in [1.82, 2.24) is 19.8 Å². The molecule has 4 aromatic rings. The van der Waals surface area contributed by atoms with Crippen LogP contribution in [0.5, 0.6) is 0 Å². The lowest BCUT2D eigenvalue weighted by Gasteiger charge is -2.31. The van der Waals surface area contributed by atoms with E-state index in [9.17, 15) is 9.90 Å². The third kappa shape index (κ3) is 9.37. The van der Waals surface area contributed by atoms with Crippen LogP contribution in [0.4, 0.5) is 17.2 Å². The molecule has 0 unspecified atom stereocenters. The standard InChI is InChI=1S/C33H41N5O3.C2H5NO/c1-3-41-22-4-16-38(29-9-10-31-28(23-29)12-17-36(31)2)30-11-15-34-32(24-30)35-33(40)27-7-5-25(6-8-27)26-13-18-37(19-14-26)20-21-39;1-3-2-4/h5-12,15,17,23-24,26,39H,3-4,13-14,16,18-22H2,1-2H3,(H,34,35,40);2H,1H3,(H,3,4). The van der Waals surface area contributed by atoms with Crippen molar-refractivity contribution in [3.8, 4) is 0 Å². The molecule has 0 saturated carbocycles. The summed E-state index contributed by atoms with van der Waals surface area (Å²) in [4.78, 5) is 31.2. The molecule has 2 amide bonds.